The van der Waals surface area contributed by atoms with Crippen molar-refractivity contribution in [2.45, 2.75) is 29.8 Å². The van der Waals surface area contributed by atoms with E-state index >= 15 is 0 Å². The van der Waals surface area contributed by atoms with Crippen molar-refractivity contribution in [2.24, 2.45) is 18.9 Å². The minimum Gasteiger partial charge on any atom is -0.382 e. The van der Waals surface area contributed by atoms with E-state index in [-0.39, 0.29) is 16.7 Å². The lowest BCUT2D eigenvalue weighted by atomic mass is 9.70. The summed E-state index contributed by atoms with van der Waals surface area (Å²) in [6, 6.07) is 6.23. The van der Waals surface area contributed by atoms with Crippen LogP contribution in [0.2, 0.25) is 5.02 Å². The minimum atomic E-state index is -3.61. The maximum absolute atomic E-state index is 13.0. The van der Waals surface area contributed by atoms with E-state index in [4.69, 9.17) is 11.6 Å². The van der Waals surface area contributed by atoms with Crippen LogP contribution in [0.5, 0.6) is 0 Å². The van der Waals surface area contributed by atoms with Gasteiger partial charge in [0, 0.05) is 43.5 Å². The molecule has 3 atom stereocenters. The van der Waals surface area contributed by atoms with Crippen LogP contribution in [0.3, 0.4) is 0 Å². The molecule has 4 rings (SSSR count). The van der Waals surface area contributed by atoms with Gasteiger partial charge in [0.2, 0.25) is 10.0 Å². The van der Waals surface area contributed by atoms with Gasteiger partial charge in [-0.15, -0.1) is 0 Å². The van der Waals surface area contributed by atoms with Crippen molar-refractivity contribution in [3.8, 4) is 0 Å². The van der Waals surface area contributed by atoms with Gasteiger partial charge < -0.3 is 9.67 Å². The molecule has 0 spiro atoms. The topological polar surface area (TPSA) is 75.4 Å². The molecule has 2 fully saturated rings. The molecule has 8 heteroatoms. The van der Waals surface area contributed by atoms with Gasteiger partial charge in [-0.25, -0.2) is 13.4 Å². The predicted octanol–water partition coefficient (Wildman–Crippen LogP) is 2.38. The third-order valence-corrected chi connectivity index (χ3v) is 7.91. The molecular weight excluding hydrogens is 374 g/mol. The molecule has 140 valence electrons. The van der Waals surface area contributed by atoms with Crippen LogP contribution in [-0.4, -0.2) is 40.5 Å². The third kappa shape index (κ3) is 2.78. The number of sulfonamides is 1. The molecule has 1 aliphatic heterocycles. The average molecular weight is 396 g/mol. The number of aromatic nitrogens is 2. The zero-order chi connectivity index (χ0) is 18.5. The van der Waals surface area contributed by atoms with Crippen molar-refractivity contribution >= 4 is 21.6 Å². The van der Waals surface area contributed by atoms with E-state index in [1.54, 1.807) is 18.3 Å². The highest BCUT2D eigenvalue weighted by Gasteiger charge is 2.53. The summed E-state index contributed by atoms with van der Waals surface area (Å²) >= 11 is 5.88. The lowest BCUT2D eigenvalue weighted by molar-refractivity contribution is -0.0728. The SMILES string of the molecule is Cn1ccnc1C1(O)CCCC2CN(S(=O)(=O)c3ccc(Cl)cc3)CC21. The Bertz CT molecular complexity index is 912. The van der Waals surface area contributed by atoms with Gasteiger partial charge in [-0.3, -0.25) is 0 Å². The molecule has 1 saturated carbocycles. The van der Waals surface area contributed by atoms with Gasteiger partial charge in [-0.05, 0) is 49.4 Å². The van der Waals surface area contributed by atoms with E-state index in [1.165, 1.54) is 16.4 Å². The predicted molar refractivity (Wildman–Crippen MR) is 98.1 cm³/mol. The van der Waals surface area contributed by atoms with Gasteiger partial charge in [-0.1, -0.05) is 11.6 Å². The lowest BCUT2D eigenvalue weighted by Gasteiger charge is -2.40. The molecule has 3 unspecified atom stereocenters. The van der Waals surface area contributed by atoms with Crippen LogP contribution in [0.15, 0.2) is 41.6 Å². The summed E-state index contributed by atoms with van der Waals surface area (Å²) in [4.78, 5) is 4.59. The maximum Gasteiger partial charge on any atom is 0.243 e. The second-order valence-electron chi connectivity index (χ2n) is 7.32. The highest BCUT2D eigenvalue weighted by molar-refractivity contribution is 7.89. The summed E-state index contributed by atoms with van der Waals surface area (Å²) in [5.41, 5.74) is -1.09. The highest BCUT2D eigenvalue weighted by atomic mass is 35.5. The standard InChI is InChI=1S/C18H22ClN3O3S/c1-21-10-9-20-17(21)18(23)8-2-3-13-11-22(12-16(13)18)26(24,25)15-6-4-14(19)5-7-15/h4-7,9-10,13,16,23H,2-3,8,11-12H2,1H3. The molecule has 1 aromatic carbocycles. The molecule has 2 aliphatic rings. The van der Waals surface area contributed by atoms with Gasteiger partial charge in [-0.2, -0.15) is 4.31 Å². The van der Waals surface area contributed by atoms with Crippen LogP contribution in [0.4, 0.5) is 0 Å². The number of halogens is 1. The molecule has 0 bridgehead atoms. The Morgan fingerprint density at radius 1 is 1.27 bits per heavy atom. The average Bonchev–Trinajstić information content (AvgIpc) is 3.23. The smallest absolute Gasteiger partial charge is 0.243 e. The maximum atomic E-state index is 13.0. The van der Waals surface area contributed by atoms with Gasteiger partial charge >= 0.3 is 0 Å². The summed E-state index contributed by atoms with van der Waals surface area (Å²) in [6.45, 7) is 0.737. The van der Waals surface area contributed by atoms with E-state index in [1.807, 2.05) is 17.8 Å². The number of hydrogen-bond acceptors (Lipinski definition) is 4. The third-order valence-electron chi connectivity index (χ3n) is 5.81. The Morgan fingerprint density at radius 3 is 2.65 bits per heavy atom. The van der Waals surface area contributed by atoms with E-state index in [0.29, 0.717) is 30.4 Å². The van der Waals surface area contributed by atoms with Crippen LogP contribution >= 0.6 is 11.6 Å². The number of aryl methyl sites for hydroxylation is 1. The number of imidazole rings is 1. The van der Waals surface area contributed by atoms with Crippen molar-refractivity contribution in [3.63, 3.8) is 0 Å². The molecule has 1 aliphatic carbocycles. The van der Waals surface area contributed by atoms with E-state index in [2.05, 4.69) is 4.98 Å². The van der Waals surface area contributed by atoms with Gasteiger partial charge in [0.15, 0.2) is 0 Å². The number of hydrogen-bond donors (Lipinski definition) is 1. The first-order valence-electron chi connectivity index (χ1n) is 8.78. The Kier molecular flexibility index (Phi) is 4.38. The molecule has 1 N–H and O–H groups in total. The second-order valence-corrected chi connectivity index (χ2v) is 9.70. The largest absolute Gasteiger partial charge is 0.382 e. The van der Waals surface area contributed by atoms with Crippen LogP contribution in [0.25, 0.3) is 0 Å². The molecular formula is C18H22ClN3O3S. The Hall–Kier alpha value is -1.41. The van der Waals surface area contributed by atoms with Crippen molar-refractivity contribution < 1.29 is 13.5 Å². The summed E-state index contributed by atoms with van der Waals surface area (Å²) in [5, 5.41) is 12.0. The molecule has 6 nitrogen and oxygen atoms in total. The van der Waals surface area contributed by atoms with Crippen LogP contribution in [0.1, 0.15) is 25.1 Å². The fourth-order valence-corrected chi connectivity index (χ4v) is 6.15. The fourth-order valence-electron chi connectivity index (χ4n) is 4.50. The first kappa shape index (κ1) is 18.0. The summed E-state index contributed by atoms with van der Waals surface area (Å²) < 4.78 is 29.4. The zero-order valence-corrected chi connectivity index (χ0v) is 16.1. The molecule has 2 heterocycles. The first-order chi connectivity index (χ1) is 12.3. The summed E-state index contributed by atoms with van der Waals surface area (Å²) in [7, 11) is -1.74. The minimum absolute atomic E-state index is 0.132. The molecule has 1 aromatic heterocycles. The van der Waals surface area contributed by atoms with Gasteiger partial charge in [0.05, 0.1) is 4.90 Å². The molecule has 1 saturated heterocycles. The van der Waals surface area contributed by atoms with Gasteiger partial charge in [0.1, 0.15) is 11.4 Å². The normalized spacial score (nSPS) is 29.7. The van der Waals surface area contributed by atoms with E-state index in [0.717, 1.165) is 12.8 Å². The van der Waals surface area contributed by atoms with Crippen molar-refractivity contribution in [3.05, 3.63) is 47.5 Å². The fraction of sp³-hybridized carbons (Fsp3) is 0.500. The Balaban J connectivity index is 1.66. The Morgan fingerprint density at radius 2 is 2.00 bits per heavy atom. The quantitative estimate of drug-likeness (QED) is 0.865. The number of benzene rings is 1. The summed E-state index contributed by atoms with van der Waals surface area (Å²) in [6.07, 6.45) is 5.87. The van der Waals surface area contributed by atoms with Crippen molar-refractivity contribution in [1.82, 2.24) is 13.9 Å². The van der Waals surface area contributed by atoms with Crippen molar-refractivity contribution in [1.29, 1.82) is 0 Å². The first-order valence-corrected chi connectivity index (χ1v) is 10.6. The van der Waals surface area contributed by atoms with Crippen LogP contribution < -0.4 is 0 Å². The van der Waals surface area contributed by atoms with Crippen LogP contribution in [-0.2, 0) is 22.7 Å². The number of rotatable bonds is 3. The molecule has 2 aromatic rings. The second kappa shape index (κ2) is 6.34. The van der Waals surface area contributed by atoms with E-state index < -0.39 is 15.6 Å². The number of nitrogens with zero attached hydrogens (tertiary/aromatic N) is 3. The lowest BCUT2D eigenvalue weighted by Crippen LogP contribution is -2.44. The zero-order valence-electron chi connectivity index (χ0n) is 14.5. The molecule has 0 amide bonds. The van der Waals surface area contributed by atoms with Gasteiger partial charge in [0.25, 0.3) is 0 Å². The molecule has 26 heavy (non-hydrogen) atoms. The number of fused-ring (bicyclic) bond motifs is 1. The summed E-state index contributed by atoms with van der Waals surface area (Å²) in [5.74, 6) is 0.602. The molecule has 0 radical (unpaired) electrons. The van der Waals surface area contributed by atoms with E-state index in [9.17, 15) is 13.5 Å². The van der Waals surface area contributed by atoms with Crippen molar-refractivity contribution in [2.75, 3.05) is 13.1 Å². The monoisotopic (exact) mass is 395 g/mol. The Labute approximate surface area is 158 Å². The highest BCUT2D eigenvalue weighted by Crippen LogP contribution is 2.48. The number of aliphatic hydroxyl groups is 1. The van der Waals surface area contributed by atoms with Crippen LogP contribution in [0, 0.1) is 11.8 Å².